The Kier molecular flexibility index (Phi) is 4.43. The Hall–Kier alpha value is -2.21. The molecule has 1 aromatic carbocycles. The van der Waals surface area contributed by atoms with Gasteiger partial charge in [-0.05, 0) is 51.0 Å². The summed E-state index contributed by atoms with van der Waals surface area (Å²) in [6.07, 6.45) is 2.57. The van der Waals surface area contributed by atoms with Gasteiger partial charge in [0.05, 0.1) is 11.8 Å². The number of amides is 1. The third kappa shape index (κ3) is 3.42. The average molecular weight is 314 g/mol. The lowest BCUT2D eigenvalue weighted by atomic mass is 10.1. The van der Waals surface area contributed by atoms with Crippen molar-refractivity contribution in [2.75, 3.05) is 6.54 Å². The Balaban J connectivity index is 1.64. The van der Waals surface area contributed by atoms with Crippen LogP contribution in [-0.4, -0.2) is 38.4 Å². The average Bonchev–Trinajstić information content (AvgIpc) is 3.10. The number of rotatable bonds is 4. The fraction of sp³-hybridized carbons (Fsp3) is 0.471. The number of aliphatic hydroxyl groups is 1. The number of benzene rings is 1. The second kappa shape index (κ2) is 6.50. The highest BCUT2D eigenvalue weighted by atomic mass is 16.3. The number of nitrogens with zero attached hydrogens (tertiary/aromatic N) is 3. The van der Waals surface area contributed by atoms with Crippen molar-refractivity contribution in [1.29, 1.82) is 0 Å². The fourth-order valence-electron chi connectivity index (χ4n) is 3.10. The van der Waals surface area contributed by atoms with Crippen LogP contribution in [0.1, 0.15) is 41.3 Å². The SMILES string of the molecule is Cc1nc(C)n(-c2ccc(C(=O)NCC3CCCC3O)cc2)n1. The Bertz CT molecular complexity index is 693. The molecule has 3 rings (SSSR count). The van der Waals surface area contributed by atoms with E-state index >= 15 is 0 Å². The molecule has 0 aliphatic heterocycles. The molecule has 2 N–H and O–H groups in total. The van der Waals surface area contributed by atoms with E-state index < -0.39 is 0 Å². The molecule has 2 aromatic rings. The Morgan fingerprint density at radius 2 is 2.04 bits per heavy atom. The molecule has 2 unspecified atom stereocenters. The molecule has 1 aliphatic rings. The normalized spacial score (nSPS) is 20.7. The summed E-state index contributed by atoms with van der Waals surface area (Å²) in [6, 6.07) is 7.29. The lowest BCUT2D eigenvalue weighted by Crippen LogP contribution is -2.32. The number of carbonyl (C=O) groups excluding carboxylic acids is 1. The number of aryl methyl sites for hydroxylation is 2. The number of hydrogen-bond donors (Lipinski definition) is 2. The molecule has 1 fully saturated rings. The molecule has 2 atom stereocenters. The van der Waals surface area contributed by atoms with E-state index in [2.05, 4.69) is 15.4 Å². The van der Waals surface area contributed by atoms with E-state index in [1.165, 1.54) is 0 Å². The van der Waals surface area contributed by atoms with E-state index in [1.54, 1.807) is 16.8 Å². The van der Waals surface area contributed by atoms with E-state index in [-0.39, 0.29) is 17.9 Å². The highest BCUT2D eigenvalue weighted by Crippen LogP contribution is 2.24. The molecule has 1 aliphatic carbocycles. The summed E-state index contributed by atoms with van der Waals surface area (Å²) < 4.78 is 1.76. The minimum Gasteiger partial charge on any atom is -0.393 e. The summed E-state index contributed by atoms with van der Waals surface area (Å²) in [7, 11) is 0. The van der Waals surface area contributed by atoms with Crippen LogP contribution in [0.2, 0.25) is 0 Å². The quantitative estimate of drug-likeness (QED) is 0.901. The number of aromatic nitrogens is 3. The molecule has 1 heterocycles. The predicted molar refractivity (Wildman–Crippen MR) is 86.5 cm³/mol. The minimum absolute atomic E-state index is 0.109. The predicted octanol–water partition coefficient (Wildman–Crippen LogP) is 1.77. The molecule has 0 spiro atoms. The zero-order valence-electron chi connectivity index (χ0n) is 13.5. The highest BCUT2D eigenvalue weighted by molar-refractivity contribution is 5.94. The first kappa shape index (κ1) is 15.7. The Morgan fingerprint density at radius 3 is 2.61 bits per heavy atom. The van der Waals surface area contributed by atoms with Crippen molar-refractivity contribution in [2.24, 2.45) is 5.92 Å². The minimum atomic E-state index is -0.281. The van der Waals surface area contributed by atoms with Crippen molar-refractivity contribution in [1.82, 2.24) is 20.1 Å². The van der Waals surface area contributed by atoms with Gasteiger partial charge in [-0.15, -0.1) is 0 Å². The zero-order chi connectivity index (χ0) is 16.4. The number of carbonyl (C=O) groups is 1. The van der Waals surface area contributed by atoms with Gasteiger partial charge in [0.2, 0.25) is 0 Å². The van der Waals surface area contributed by atoms with Crippen LogP contribution in [-0.2, 0) is 0 Å². The molecule has 1 amide bonds. The molecule has 6 heteroatoms. The summed E-state index contributed by atoms with van der Waals surface area (Å²) in [4.78, 5) is 16.5. The molecule has 0 bridgehead atoms. The summed E-state index contributed by atoms with van der Waals surface area (Å²) >= 11 is 0. The van der Waals surface area contributed by atoms with Gasteiger partial charge < -0.3 is 10.4 Å². The first-order chi connectivity index (χ1) is 11.0. The van der Waals surface area contributed by atoms with Gasteiger partial charge in [0.25, 0.3) is 5.91 Å². The van der Waals surface area contributed by atoms with Gasteiger partial charge in [0, 0.05) is 18.0 Å². The molecule has 122 valence electrons. The third-order valence-corrected chi connectivity index (χ3v) is 4.39. The van der Waals surface area contributed by atoms with Crippen LogP contribution in [0.5, 0.6) is 0 Å². The van der Waals surface area contributed by atoms with Gasteiger partial charge in [-0.2, -0.15) is 5.10 Å². The molecule has 23 heavy (non-hydrogen) atoms. The van der Waals surface area contributed by atoms with Crippen molar-refractivity contribution in [3.63, 3.8) is 0 Å². The lowest BCUT2D eigenvalue weighted by molar-refractivity contribution is 0.0917. The van der Waals surface area contributed by atoms with Gasteiger partial charge in [0.1, 0.15) is 11.6 Å². The molecule has 1 saturated carbocycles. The highest BCUT2D eigenvalue weighted by Gasteiger charge is 2.25. The molecule has 0 saturated heterocycles. The van der Waals surface area contributed by atoms with Crippen LogP contribution in [0.4, 0.5) is 0 Å². The standard InChI is InChI=1S/C17H22N4O2/c1-11-19-12(2)21(20-11)15-8-6-13(7-9-15)17(23)18-10-14-4-3-5-16(14)22/h6-9,14,16,22H,3-5,10H2,1-2H3,(H,18,23). The van der Waals surface area contributed by atoms with E-state index in [1.807, 2.05) is 26.0 Å². The van der Waals surface area contributed by atoms with Gasteiger partial charge in [-0.3, -0.25) is 4.79 Å². The molecule has 0 radical (unpaired) electrons. The van der Waals surface area contributed by atoms with Crippen molar-refractivity contribution < 1.29 is 9.90 Å². The van der Waals surface area contributed by atoms with Crippen molar-refractivity contribution in [3.8, 4) is 5.69 Å². The number of hydrogen-bond acceptors (Lipinski definition) is 4. The van der Waals surface area contributed by atoms with E-state index in [0.717, 1.165) is 36.6 Å². The van der Waals surface area contributed by atoms with Crippen LogP contribution in [0.15, 0.2) is 24.3 Å². The molecule has 6 nitrogen and oxygen atoms in total. The Labute approximate surface area is 135 Å². The van der Waals surface area contributed by atoms with Gasteiger partial charge >= 0.3 is 0 Å². The molecule has 1 aromatic heterocycles. The van der Waals surface area contributed by atoms with Crippen LogP contribution < -0.4 is 5.32 Å². The van der Waals surface area contributed by atoms with E-state index in [9.17, 15) is 9.90 Å². The van der Waals surface area contributed by atoms with Crippen molar-refractivity contribution in [2.45, 2.75) is 39.2 Å². The summed E-state index contributed by atoms with van der Waals surface area (Å²) in [5, 5.41) is 17.0. The summed E-state index contributed by atoms with van der Waals surface area (Å²) in [6.45, 7) is 4.28. The maximum Gasteiger partial charge on any atom is 0.251 e. The molecular formula is C17H22N4O2. The van der Waals surface area contributed by atoms with E-state index in [4.69, 9.17) is 0 Å². The number of nitrogens with one attached hydrogen (secondary N) is 1. The second-order valence-corrected chi connectivity index (χ2v) is 6.13. The van der Waals surface area contributed by atoms with Crippen LogP contribution >= 0.6 is 0 Å². The van der Waals surface area contributed by atoms with Crippen LogP contribution in [0.25, 0.3) is 5.69 Å². The fourth-order valence-corrected chi connectivity index (χ4v) is 3.10. The first-order valence-corrected chi connectivity index (χ1v) is 8.01. The maximum atomic E-state index is 12.2. The van der Waals surface area contributed by atoms with Gasteiger partial charge in [-0.1, -0.05) is 6.42 Å². The largest absolute Gasteiger partial charge is 0.393 e. The van der Waals surface area contributed by atoms with Crippen LogP contribution in [0.3, 0.4) is 0 Å². The molecular weight excluding hydrogens is 292 g/mol. The van der Waals surface area contributed by atoms with Crippen molar-refractivity contribution in [3.05, 3.63) is 41.5 Å². The number of aliphatic hydroxyl groups excluding tert-OH is 1. The topological polar surface area (TPSA) is 80.0 Å². The third-order valence-electron chi connectivity index (χ3n) is 4.39. The monoisotopic (exact) mass is 314 g/mol. The second-order valence-electron chi connectivity index (χ2n) is 6.13. The smallest absolute Gasteiger partial charge is 0.251 e. The zero-order valence-corrected chi connectivity index (χ0v) is 13.5. The van der Waals surface area contributed by atoms with Gasteiger partial charge in [-0.25, -0.2) is 9.67 Å². The Morgan fingerprint density at radius 1 is 1.30 bits per heavy atom. The van der Waals surface area contributed by atoms with E-state index in [0.29, 0.717) is 12.1 Å². The van der Waals surface area contributed by atoms with Gasteiger partial charge in [0.15, 0.2) is 0 Å². The van der Waals surface area contributed by atoms with Crippen molar-refractivity contribution >= 4 is 5.91 Å². The lowest BCUT2D eigenvalue weighted by Gasteiger charge is -2.15. The maximum absolute atomic E-state index is 12.2. The summed E-state index contributed by atoms with van der Waals surface area (Å²) in [5.41, 5.74) is 1.49. The summed E-state index contributed by atoms with van der Waals surface area (Å²) in [5.74, 6) is 1.61. The first-order valence-electron chi connectivity index (χ1n) is 8.01. The van der Waals surface area contributed by atoms with Crippen LogP contribution in [0, 0.1) is 19.8 Å².